The molecular formula is C16H30N4O3. The number of aliphatic imine (C=N–C) groups is 1. The van der Waals surface area contributed by atoms with Crippen LogP contribution in [0.3, 0.4) is 0 Å². The van der Waals surface area contributed by atoms with Crippen LogP contribution in [0.15, 0.2) is 4.99 Å². The first-order chi connectivity index (χ1) is 11.0. The second-order valence-corrected chi connectivity index (χ2v) is 5.81. The Kier molecular flexibility index (Phi) is 9.09. The third-order valence-corrected chi connectivity index (χ3v) is 3.36. The van der Waals surface area contributed by atoms with Gasteiger partial charge < -0.3 is 20.3 Å². The van der Waals surface area contributed by atoms with E-state index in [0.29, 0.717) is 31.9 Å². The van der Waals surface area contributed by atoms with Crippen molar-refractivity contribution in [3.05, 3.63) is 0 Å². The second-order valence-electron chi connectivity index (χ2n) is 5.81. The molecule has 0 atom stereocenters. The highest BCUT2D eigenvalue weighted by atomic mass is 16.5. The molecular weight excluding hydrogens is 296 g/mol. The van der Waals surface area contributed by atoms with E-state index < -0.39 is 0 Å². The molecule has 0 radical (unpaired) electrons. The second kappa shape index (κ2) is 10.9. The normalized spacial score (nSPS) is 15.2. The Labute approximate surface area is 138 Å². The lowest BCUT2D eigenvalue weighted by molar-refractivity contribution is -0.147. The average molecular weight is 326 g/mol. The zero-order chi connectivity index (χ0) is 17.1. The molecule has 132 valence electrons. The fraction of sp³-hybridized carbons (Fsp3) is 0.812. The van der Waals surface area contributed by atoms with Crippen molar-refractivity contribution in [3.8, 4) is 0 Å². The summed E-state index contributed by atoms with van der Waals surface area (Å²) in [6, 6.07) is 0. The van der Waals surface area contributed by atoms with Crippen LogP contribution in [0.2, 0.25) is 0 Å². The number of hydrogen-bond donors (Lipinski definition) is 2. The molecule has 7 nitrogen and oxygen atoms in total. The van der Waals surface area contributed by atoms with Crippen molar-refractivity contribution in [1.82, 2.24) is 15.5 Å². The number of rotatable bonds is 9. The molecule has 0 aromatic rings. The van der Waals surface area contributed by atoms with Crippen molar-refractivity contribution in [2.45, 2.75) is 52.6 Å². The summed E-state index contributed by atoms with van der Waals surface area (Å²) in [4.78, 5) is 29.3. The van der Waals surface area contributed by atoms with Gasteiger partial charge in [-0.1, -0.05) is 0 Å². The highest BCUT2D eigenvalue weighted by Gasteiger charge is 2.18. The van der Waals surface area contributed by atoms with E-state index in [-0.39, 0.29) is 18.0 Å². The van der Waals surface area contributed by atoms with Crippen LogP contribution in [0.1, 0.15) is 46.5 Å². The van der Waals surface area contributed by atoms with Crippen LogP contribution in [0, 0.1) is 0 Å². The van der Waals surface area contributed by atoms with Crippen molar-refractivity contribution >= 4 is 17.8 Å². The van der Waals surface area contributed by atoms with Crippen LogP contribution >= 0.6 is 0 Å². The summed E-state index contributed by atoms with van der Waals surface area (Å²) in [5.74, 6) is 0.733. The van der Waals surface area contributed by atoms with Gasteiger partial charge in [0, 0.05) is 39.1 Å². The Morgan fingerprint density at radius 2 is 2.17 bits per heavy atom. The highest BCUT2D eigenvalue weighted by Crippen LogP contribution is 2.09. The maximum absolute atomic E-state index is 11.5. The van der Waals surface area contributed by atoms with Crippen molar-refractivity contribution in [3.63, 3.8) is 0 Å². The maximum atomic E-state index is 11.5. The minimum absolute atomic E-state index is 0.0855. The third kappa shape index (κ3) is 8.42. The molecule has 2 N–H and O–H groups in total. The van der Waals surface area contributed by atoms with Crippen LogP contribution < -0.4 is 10.6 Å². The molecule has 0 unspecified atom stereocenters. The Balaban J connectivity index is 2.24. The van der Waals surface area contributed by atoms with E-state index in [4.69, 9.17) is 4.74 Å². The highest BCUT2D eigenvalue weighted by molar-refractivity contribution is 5.80. The minimum Gasteiger partial charge on any atom is -0.463 e. The predicted molar refractivity (Wildman–Crippen MR) is 90.3 cm³/mol. The molecule has 23 heavy (non-hydrogen) atoms. The third-order valence-electron chi connectivity index (χ3n) is 3.36. The fourth-order valence-corrected chi connectivity index (χ4v) is 2.34. The summed E-state index contributed by atoms with van der Waals surface area (Å²) in [5.41, 5.74) is 0. The summed E-state index contributed by atoms with van der Waals surface area (Å²) < 4.78 is 5.08. The lowest BCUT2D eigenvalue weighted by atomic mass is 10.4. The van der Waals surface area contributed by atoms with E-state index in [9.17, 15) is 9.59 Å². The number of carbonyl (C=O) groups excluding carboxylic acids is 2. The smallest absolute Gasteiger partial charge is 0.307 e. The van der Waals surface area contributed by atoms with Gasteiger partial charge in [-0.3, -0.25) is 14.6 Å². The Morgan fingerprint density at radius 1 is 1.39 bits per heavy atom. The van der Waals surface area contributed by atoms with Gasteiger partial charge >= 0.3 is 5.97 Å². The minimum atomic E-state index is -0.212. The largest absolute Gasteiger partial charge is 0.463 e. The summed E-state index contributed by atoms with van der Waals surface area (Å²) in [7, 11) is 0. The quantitative estimate of drug-likeness (QED) is 0.285. The van der Waals surface area contributed by atoms with E-state index in [0.717, 1.165) is 32.5 Å². The molecule has 1 saturated heterocycles. The van der Waals surface area contributed by atoms with Gasteiger partial charge in [0.1, 0.15) is 0 Å². The molecule has 7 heteroatoms. The SMILES string of the molecule is CCNC(=NCCCN1CCCC1=O)NCCC(=O)OC(C)C. The van der Waals surface area contributed by atoms with Gasteiger partial charge in [-0.2, -0.15) is 0 Å². The van der Waals surface area contributed by atoms with Gasteiger partial charge in [-0.05, 0) is 33.6 Å². The Morgan fingerprint density at radius 3 is 2.78 bits per heavy atom. The number of carbonyl (C=O) groups is 2. The predicted octanol–water partition coefficient (Wildman–Crippen LogP) is 0.896. The molecule has 1 aliphatic rings. The number of amides is 1. The van der Waals surface area contributed by atoms with Gasteiger partial charge in [0.2, 0.25) is 5.91 Å². The van der Waals surface area contributed by atoms with Crippen molar-refractivity contribution < 1.29 is 14.3 Å². The van der Waals surface area contributed by atoms with Gasteiger partial charge in [-0.15, -0.1) is 0 Å². The number of nitrogens with zero attached hydrogens (tertiary/aromatic N) is 2. The van der Waals surface area contributed by atoms with Crippen LogP contribution in [0.5, 0.6) is 0 Å². The molecule has 0 aromatic heterocycles. The standard InChI is InChI=1S/C16H30N4O3/c1-4-17-16(19-10-8-15(22)23-13(2)3)18-9-6-12-20-11-5-7-14(20)21/h13H,4-12H2,1-3H3,(H2,17,18,19). The first kappa shape index (κ1) is 19.3. The zero-order valence-corrected chi connectivity index (χ0v) is 14.6. The number of esters is 1. The first-order valence-corrected chi connectivity index (χ1v) is 8.52. The van der Waals surface area contributed by atoms with E-state index in [1.165, 1.54) is 0 Å². The average Bonchev–Trinajstić information content (AvgIpc) is 2.88. The maximum Gasteiger partial charge on any atom is 0.307 e. The van der Waals surface area contributed by atoms with Gasteiger partial charge in [0.25, 0.3) is 0 Å². The number of hydrogen-bond acceptors (Lipinski definition) is 4. The van der Waals surface area contributed by atoms with E-state index in [1.807, 2.05) is 25.7 Å². The number of nitrogens with one attached hydrogen (secondary N) is 2. The molecule has 1 rings (SSSR count). The van der Waals surface area contributed by atoms with Crippen molar-refractivity contribution in [1.29, 1.82) is 0 Å². The summed E-state index contributed by atoms with van der Waals surface area (Å²) in [6.45, 7) is 9.20. The van der Waals surface area contributed by atoms with Crippen molar-refractivity contribution in [2.24, 2.45) is 4.99 Å². The summed E-state index contributed by atoms with van der Waals surface area (Å²) in [6.07, 6.45) is 2.72. The van der Waals surface area contributed by atoms with Gasteiger partial charge in [-0.25, -0.2) is 0 Å². The fourth-order valence-electron chi connectivity index (χ4n) is 2.34. The molecule has 1 heterocycles. The molecule has 1 amide bonds. The van der Waals surface area contributed by atoms with Crippen LogP contribution in [0.4, 0.5) is 0 Å². The topological polar surface area (TPSA) is 83.0 Å². The molecule has 0 saturated carbocycles. The molecule has 0 aliphatic carbocycles. The monoisotopic (exact) mass is 326 g/mol. The summed E-state index contributed by atoms with van der Waals surface area (Å²) >= 11 is 0. The number of ether oxygens (including phenoxy) is 1. The number of likely N-dealkylation sites (tertiary alicyclic amines) is 1. The van der Waals surface area contributed by atoms with Crippen molar-refractivity contribution in [2.75, 3.05) is 32.7 Å². The summed E-state index contributed by atoms with van der Waals surface area (Å²) in [5, 5.41) is 6.26. The number of guanidine groups is 1. The Hall–Kier alpha value is -1.79. The van der Waals surface area contributed by atoms with E-state index >= 15 is 0 Å². The molecule has 0 aromatic carbocycles. The lowest BCUT2D eigenvalue weighted by Crippen LogP contribution is -2.38. The van der Waals surface area contributed by atoms with Crippen LogP contribution in [-0.4, -0.2) is 61.6 Å². The lowest BCUT2D eigenvalue weighted by Gasteiger charge is -2.15. The molecule has 1 fully saturated rings. The van der Waals surface area contributed by atoms with Crippen LogP contribution in [-0.2, 0) is 14.3 Å². The Bertz CT molecular complexity index is 410. The van der Waals surface area contributed by atoms with Gasteiger partial charge in [0.15, 0.2) is 5.96 Å². The zero-order valence-electron chi connectivity index (χ0n) is 14.6. The van der Waals surface area contributed by atoms with E-state index in [2.05, 4.69) is 15.6 Å². The van der Waals surface area contributed by atoms with Crippen LogP contribution in [0.25, 0.3) is 0 Å². The molecule has 0 spiro atoms. The molecule has 1 aliphatic heterocycles. The van der Waals surface area contributed by atoms with Gasteiger partial charge in [0.05, 0.1) is 12.5 Å². The first-order valence-electron chi connectivity index (χ1n) is 8.52. The van der Waals surface area contributed by atoms with E-state index in [1.54, 1.807) is 0 Å². The molecule has 0 bridgehead atoms.